The number of nitrogens with one attached hydrogen (secondary N) is 1. The van der Waals surface area contributed by atoms with Crippen LogP contribution in [-0.4, -0.2) is 23.1 Å². The standard InChI is InChI=1S/C14H18N2O4/c17-14(20-10-11-4-2-1-3-5-11)15-12-6-8-13(9-7-12)16(18)19/h1-5,12-13H,6-10H2,(H,15,17). The second-order valence-corrected chi connectivity index (χ2v) is 5.00. The summed E-state index contributed by atoms with van der Waals surface area (Å²) in [5.74, 6) is 0. The molecule has 1 amide bonds. The lowest BCUT2D eigenvalue weighted by Gasteiger charge is -2.24. The van der Waals surface area contributed by atoms with Crippen LogP contribution in [0, 0.1) is 10.1 Å². The minimum absolute atomic E-state index is 0.0190. The first-order valence-electron chi connectivity index (χ1n) is 6.76. The molecule has 0 saturated heterocycles. The van der Waals surface area contributed by atoms with Gasteiger partial charge in [-0.25, -0.2) is 4.79 Å². The average Bonchev–Trinajstić information content (AvgIpc) is 2.47. The van der Waals surface area contributed by atoms with E-state index in [4.69, 9.17) is 4.74 Å². The number of alkyl carbamates (subject to hydrolysis) is 1. The van der Waals surface area contributed by atoms with Crippen LogP contribution in [-0.2, 0) is 11.3 Å². The second kappa shape index (κ2) is 6.88. The second-order valence-electron chi connectivity index (χ2n) is 5.00. The molecule has 0 unspecified atom stereocenters. The van der Waals surface area contributed by atoms with Gasteiger partial charge in [-0.3, -0.25) is 10.1 Å². The molecule has 108 valence electrons. The molecule has 1 saturated carbocycles. The number of hydrogen-bond acceptors (Lipinski definition) is 4. The number of benzene rings is 1. The zero-order chi connectivity index (χ0) is 14.4. The lowest BCUT2D eigenvalue weighted by atomic mass is 9.92. The van der Waals surface area contributed by atoms with Crippen molar-refractivity contribution >= 4 is 6.09 Å². The minimum Gasteiger partial charge on any atom is -0.445 e. The molecule has 0 radical (unpaired) electrons. The number of ether oxygens (including phenoxy) is 1. The van der Waals surface area contributed by atoms with Crippen molar-refractivity contribution in [2.75, 3.05) is 0 Å². The zero-order valence-corrected chi connectivity index (χ0v) is 11.2. The van der Waals surface area contributed by atoms with E-state index in [-0.39, 0.29) is 17.6 Å². The largest absolute Gasteiger partial charge is 0.445 e. The van der Waals surface area contributed by atoms with Crippen LogP contribution >= 0.6 is 0 Å². The summed E-state index contributed by atoms with van der Waals surface area (Å²) in [6, 6.07) is 8.95. The summed E-state index contributed by atoms with van der Waals surface area (Å²) in [6.07, 6.45) is 1.82. The van der Waals surface area contributed by atoms with Crippen molar-refractivity contribution < 1.29 is 14.5 Å². The van der Waals surface area contributed by atoms with E-state index in [0.717, 1.165) is 5.56 Å². The van der Waals surface area contributed by atoms with Crippen molar-refractivity contribution in [3.05, 3.63) is 46.0 Å². The van der Waals surface area contributed by atoms with E-state index in [9.17, 15) is 14.9 Å². The highest BCUT2D eigenvalue weighted by Crippen LogP contribution is 2.20. The number of nitrogens with zero attached hydrogens (tertiary/aromatic N) is 1. The van der Waals surface area contributed by atoms with Crippen molar-refractivity contribution in [3.63, 3.8) is 0 Å². The predicted molar refractivity (Wildman–Crippen MR) is 72.8 cm³/mol. The van der Waals surface area contributed by atoms with Crippen LogP contribution in [0.2, 0.25) is 0 Å². The monoisotopic (exact) mass is 278 g/mol. The van der Waals surface area contributed by atoms with Gasteiger partial charge in [0.1, 0.15) is 6.61 Å². The Morgan fingerprint density at radius 2 is 1.90 bits per heavy atom. The van der Waals surface area contributed by atoms with Crippen molar-refractivity contribution in [1.29, 1.82) is 0 Å². The third-order valence-electron chi connectivity index (χ3n) is 3.53. The molecule has 1 aromatic rings. The molecular formula is C14H18N2O4. The molecule has 20 heavy (non-hydrogen) atoms. The SMILES string of the molecule is O=C(NC1CCC([N+](=O)[O-])CC1)OCc1ccccc1. The van der Waals surface area contributed by atoms with Gasteiger partial charge in [0.2, 0.25) is 6.04 Å². The molecule has 0 spiro atoms. The summed E-state index contributed by atoms with van der Waals surface area (Å²) in [5.41, 5.74) is 0.930. The molecule has 0 aromatic heterocycles. The van der Waals surface area contributed by atoms with Gasteiger partial charge in [0.15, 0.2) is 0 Å². The van der Waals surface area contributed by atoms with Crippen LogP contribution in [0.15, 0.2) is 30.3 Å². The van der Waals surface area contributed by atoms with E-state index in [2.05, 4.69) is 5.32 Å². The number of amides is 1. The quantitative estimate of drug-likeness (QED) is 0.677. The van der Waals surface area contributed by atoms with Crippen LogP contribution in [0.4, 0.5) is 4.79 Å². The fourth-order valence-electron chi connectivity index (χ4n) is 2.36. The van der Waals surface area contributed by atoms with Gasteiger partial charge in [0, 0.05) is 23.8 Å². The molecule has 0 bridgehead atoms. The zero-order valence-electron chi connectivity index (χ0n) is 11.2. The third kappa shape index (κ3) is 4.22. The molecule has 1 aliphatic rings. The molecule has 6 nitrogen and oxygen atoms in total. The summed E-state index contributed by atoms with van der Waals surface area (Å²) in [4.78, 5) is 22.0. The highest BCUT2D eigenvalue weighted by Gasteiger charge is 2.29. The minimum atomic E-state index is -0.464. The Morgan fingerprint density at radius 1 is 1.25 bits per heavy atom. The fourth-order valence-corrected chi connectivity index (χ4v) is 2.36. The molecular weight excluding hydrogens is 260 g/mol. The number of carbonyl (C=O) groups excluding carboxylic acids is 1. The van der Waals surface area contributed by atoms with Gasteiger partial charge in [-0.05, 0) is 18.4 Å². The van der Waals surface area contributed by atoms with Crippen LogP contribution in [0.1, 0.15) is 31.2 Å². The molecule has 1 fully saturated rings. The summed E-state index contributed by atoms with van der Waals surface area (Å²) < 4.78 is 5.12. The van der Waals surface area contributed by atoms with E-state index in [0.29, 0.717) is 25.7 Å². The Hall–Kier alpha value is -2.11. The molecule has 1 N–H and O–H groups in total. The molecule has 2 rings (SSSR count). The number of hydrogen-bond donors (Lipinski definition) is 1. The van der Waals surface area contributed by atoms with E-state index >= 15 is 0 Å². The topological polar surface area (TPSA) is 81.5 Å². The van der Waals surface area contributed by atoms with Gasteiger partial charge >= 0.3 is 6.09 Å². The van der Waals surface area contributed by atoms with Gasteiger partial charge in [-0.1, -0.05) is 30.3 Å². The van der Waals surface area contributed by atoms with Crippen molar-refractivity contribution in [1.82, 2.24) is 5.32 Å². The average molecular weight is 278 g/mol. The first-order chi connectivity index (χ1) is 9.65. The van der Waals surface area contributed by atoms with Crippen LogP contribution in [0.25, 0.3) is 0 Å². The smallest absolute Gasteiger partial charge is 0.407 e. The molecule has 1 aromatic carbocycles. The molecule has 0 heterocycles. The molecule has 1 aliphatic carbocycles. The maximum absolute atomic E-state index is 11.6. The normalized spacial score (nSPS) is 22.0. The number of nitro groups is 1. The van der Waals surface area contributed by atoms with Gasteiger partial charge in [0.25, 0.3) is 0 Å². The molecule has 0 aliphatic heterocycles. The summed E-state index contributed by atoms with van der Waals surface area (Å²) in [7, 11) is 0. The Kier molecular flexibility index (Phi) is 4.92. The Bertz CT molecular complexity index is 456. The number of rotatable bonds is 4. The van der Waals surface area contributed by atoms with Crippen molar-refractivity contribution in [3.8, 4) is 0 Å². The Morgan fingerprint density at radius 3 is 2.50 bits per heavy atom. The van der Waals surface area contributed by atoms with Gasteiger partial charge in [0.05, 0.1) is 0 Å². The highest BCUT2D eigenvalue weighted by molar-refractivity contribution is 5.67. The van der Waals surface area contributed by atoms with Crippen molar-refractivity contribution in [2.24, 2.45) is 0 Å². The van der Waals surface area contributed by atoms with E-state index in [1.807, 2.05) is 30.3 Å². The lowest BCUT2D eigenvalue weighted by molar-refractivity contribution is -0.526. The maximum atomic E-state index is 11.6. The highest BCUT2D eigenvalue weighted by atomic mass is 16.6. The fraction of sp³-hybridized carbons (Fsp3) is 0.500. The third-order valence-corrected chi connectivity index (χ3v) is 3.53. The van der Waals surface area contributed by atoms with E-state index in [1.54, 1.807) is 0 Å². The van der Waals surface area contributed by atoms with Crippen LogP contribution in [0.3, 0.4) is 0 Å². The summed E-state index contributed by atoms with van der Waals surface area (Å²) in [5, 5.41) is 13.4. The van der Waals surface area contributed by atoms with Crippen LogP contribution < -0.4 is 5.32 Å². The number of carbonyl (C=O) groups is 1. The Balaban J connectivity index is 1.69. The molecule has 6 heteroatoms. The van der Waals surface area contributed by atoms with E-state index < -0.39 is 12.1 Å². The van der Waals surface area contributed by atoms with Crippen molar-refractivity contribution in [2.45, 2.75) is 44.4 Å². The summed E-state index contributed by atoms with van der Waals surface area (Å²) in [6.45, 7) is 0.233. The first kappa shape index (κ1) is 14.3. The lowest BCUT2D eigenvalue weighted by Crippen LogP contribution is -2.40. The predicted octanol–water partition coefficient (Wildman–Crippen LogP) is 2.50. The van der Waals surface area contributed by atoms with Gasteiger partial charge in [-0.15, -0.1) is 0 Å². The van der Waals surface area contributed by atoms with Gasteiger partial charge in [-0.2, -0.15) is 0 Å². The first-order valence-corrected chi connectivity index (χ1v) is 6.76. The maximum Gasteiger partial charge on any atom is 0.407 e. The van der Waals surface area contributed by atoms with Gasteiger partial charge < -0.3 is 10.1 Å². The van der Waals surface area contributed by atoms with E-state index in [1.165, 1.54) is 0 Å². The Labute approximate surface area is 117 Å². The summed E-state index contributed by atoms with van der Waals surface area (Å²) >= 11 is 0. The molecule has 0 atom stereocenters. The van der Waals surface area contributed by atoms with Crippen LogP contribution in [0.5, 0.6) is 0 Å².